The second-order valence-corrected chi connectivity index (χ2v) is 4.66. The molecule has 4 heteroatoms. The first-order chi connectivity index (χ1) is 8.20. The monoisotopic (exact) mass is 240 g/mol. The summed E-state index contributed by atoms with van der Waals surface area (Å²) in [5, 5.41) is 0. The van der Waals surface area contributed by atoms with Crippen LogP contribution in [0.4, 0.5) is 8.78 Å². The molecule has 1 aromatic carbocycles. The number of nitrogens with zero attached hydrogens (tertiary/aromatic N) is 1. The van der Waals surface area contributed by atoms with Crippen LogP contribution in [-0.4, -0.2) is 24.5 Å². The van der Waals surface area contributed by atoms with E-state index in [0.717, 1.165) is 25.9 Å². The molecule has 0 atom stereocenters. The third-order valence-electron chi connectivity index (χ3n) is 3.48. The Morgan fingerprint density at radius 1 is 1.18 bits per heavy atom. The third-order valence-corrected chi connectivity index (χ3v) is 3.48. The van der Waals surface area contributed by atoms with Crippen molar-refractivity contribution in [1.29, 1.82) is 0 Å². The van der Waals surface area contributed by atoms with Crippen LogP contribution in [0.3, 0.4) is 0 Å². The molecule has 94 valence electrons. The minimum Gasteiger partial charge on any atom is -0.330 e. The fourth-order valence-corrected chi connectivity index (χ4v) is 2.29. The van der Waals surface area contributed by atoms with E-state index >= 15 is 0 Å². The zero-order valence-electron chi connectivity index (χ0n) is 9.83. The Kier molecular flexibility index (Phi) is 4.07. The van der Waals surface area contributed by atoms with E-state index in [1.807, 2.05) is 0 Å². The zero-order chi connectivity index (χ0) is 12.3. The van der Waals surface area contributed by atoms with E-state index < -0.39 is 11.6 Å². The highest BCUT2D eigenvalue weighted by Crippen LogP contribution is 2.20. The van der Waals surface area contributed by atoms with Crippen LogP contribution in [0.2, 0.25) is 0 Å². The number of nitrogens with two attached hydrogens (primary N) is 1. The number of likely N-dealkylation sites (tertiary alicyclic amines) is 1. The van der Waals surface area contributed by atoms with Gasteiger partial charge in [0, 0.05) is 12.1 Å². The summed E-state index contributed by atoms with van der Waals surface area (Å²) in [5.74, 6) is -0.339. The lowest BCUT2D eigenvalue weighted by Gasteiger charge is -2.31. The molecule has 2 nitrogen and oxygen atoms in total. The smallest absolute Gasteiger partial charge is 0.130 e. The van der Waals surface area contributed by atoms with Gasteiger partial charge < -0.3 is 5.73 Å². The summed E-state index contributed by atoms with van der Waals surface area (Å²) in [4.78, 5) is 2.09. The minimum absolute atomic E-state index is 0.179. The van der Waals surface area contributed by atoms with Crippen molar-refractivity contribution >= 4 is 0 Å². The molecule has 17 heavy (non-hydrogen) atoms. The van der Waals surface area contributed by atoms with Crippen LogP contribution in [0.15, 0.2) is 18.2 Å². The molecule has 0 spiro atoms. The normalized spacial score (nSPS) is 18.5. The standard InChI is InChI=1S/C13H18F2N2/c14-12-2-1-3-13(15)11(12)9-17-6-4-10(8-16)5-7-17/h1-3,10H,4-9,16H2. The average Bonchev–Trinajstić information content (AvgIpc) is 2.35. The Labute approximate surface area is 100 Å². The van der Waals surface area contributed by atoms with Crippen molar-refractivity contribution in [3.8, 4) is 0 Å². The van der Waals surface area contributed by atoms with Gasteiger partial charge in [0.05, 0.1) is 0 Å². The van der Waals surface area contributed by atoms with Gasteiger partial charge in [0.15, 0.2) is 0 Å². The van der Waals surface area contributed by atoms with Crippen molar-refractivity contribution in [2.75, 3.05) is 19.6 Å². The molecule has 1 aliphatic heterocycles. The van der Waals surface area contributed by atoms with E-state index in [2.05, 4.69) is 4.90 Å². The van der Waals surface area contributed by atoms with E-state index in [4.69, 9.17) is 5.73 Å². The van der Waals surface area contributed by atoms with E-state index in [9.17, 15) is 8.78 Å². The van der Waals surface area contributed by atoms with Gasteiger partial charge >= 0.3 is 0 Å². The van der Waals surface area contributed by atoms with Crippen LogP contribution >= 0.6 is 0 Å². The first kappa shape index (κ1) is 12.5. The summed E-state index contributed by atoms with van der Waals surface area (Å²) >= 11 is 0. The second kappa shape index (κ2) is 5.56. The van der Waals surface area contributed by atoms with Gasteiger partial charge in [-0.1, -0.05) is 6.07 Å². The maximum absolute atomic E-state index is 13.5. The molecule has 1 aromatic rings. The molecule has 0 unspecified atom stereocenters. The molecule has 1 saturated heterocycles. The minimum atomic E-state index is -0.453. The molecular formula is C13H18F2N2. The topological polar surface area (TPSA) is 29.3 Å². The molecule has 0 amide bonds. The van der Waals surface area contributed by atoms with Gasteiger partial charge in [-0.15, -0.1) is 0 Å². The van der Waals surface area contributed by atoms with Crippen molar-refractivity contribution < 1.29 is 8.78 Å². The van der Waals surface area contributed by atoms with E-state index in [1.54, 1.807) is 0 Å². The lowest BCUT2D eigenvalue weighted by Crippen LogP contribution is -2.36. The first-order valence-corrected chi connectivity index (χ1v) is 6.06. The molecule has 2 rings (SSSR count). The Bertz CT molecular complexity index is 353. The van der Waals surface area contributed by atoms with E-state index in [0.29, 0.717) is 19.0 Å². The lowest BCUT2D eigenvalue weighted by atomic mass is 9.97. The summed E-state index contributed by atoms with van der Waals surface area (Å²) < 4.78 is 26.9. The predicted octanol–water partition coefficient (Wildman–Crippen LogP) is 2.14. The molecule has 0 radical (unpaired) electrons. The zero-order valence-corrected chi connectivity index (χ0v) is 9.83. The Morgan fingerprint density at radius 3 is 2.29 bits per heavy atom. The van der Waals surface area contributed by atoms with Crippen LogP contribution in [0.5, 0.6) is 0 Å². The molecule has 0 bridgehead atoms. The quantitative estimate of drug-likeness (QED) is 0.877. The molecule has 2 N–H and O–H groups in total. The molecule has 0 aromatic heterocycles. The summed E-state index contributed by atoms with van der Waals surface area (Å²) in [6, 6.07) is 4.02. The highest BCUT2D eigenvalue weighted by Gasteiger charge is 2.20. The molecule has 0 saturated carbocycles. The van der Waals surface area contributed by atoms with E-state index in [1.165, 1.54) is 18.2 Å². The maximum atomic E-state index is 13.5. The average molecular weight is 240 g/mol. The fourth-order valence-electron chi connectivity index (χ4n) is 2.29. The predicted molar refractivity (Wildman–Crippen MR) is 63.4 cm³/mol. The van der Waals surface area contributed by atoms with Crippen LogP contribution in [0, 0.1) is 17.6 Å². The number of halogens is 2. The summed E-state index contributed by atoms with van der Waals surface area (Å²) in [5.41, 5.74) is 5.79. The summed E-state index contributed by atoms with van der Waals surface area (Å²) in [6.45, 7) is 2.81. The number of hydrogen-bond donors (Lipinski definition) is 1. The summed E-state index contributed by atoms with van der Waals surface area (Å²) in [6.07, 6.45) is 2.04. The SMILES string of the molecule is NCC1CCN(Cc2c(F)cccc2F)CC1. The molecule has 1 aliphatic rings. The molecule has 1 fully saturated rings. The Balaban J connectivity index is 1.98. The van der Waals surface area contributed by atoms with Gasteiger partial charge in [-0.05, 0) is 50.5 Å². The number of piperidine rings is 1. The van der Waals surface area contributed by atoms with Gasteiger partial charge in [0.1, 0.15) is 11.6 Å². The van der Waals surface area contributed by atoms with Crippen molar-refractivity contribution in [3.63, 3.8) is 0 Å². The van der Waals surface area contributed by atoms with Crippen LogP contribution in [-0.2, 0) is 6.54 Å². The van der Waals surface area contributed by atoms with E-state index in [-0.39, 0.29) is 5.56 Å². The highest BCUT2D eigenvalue weighted by molar-refractivity contribution is 5.19. The molecule has 0 aliphatic carbocycles. The van der Waals surface area contributed by atoms with Crippen molar-refractivity contribution in [3.05, 3.63) is 35.4 Å². The van der Waals surface area contributed by atoms with Gasteiger partial charge in [-0.25, -0.2) is 8.78 Å². The van der Waals surface area contributed by atoms with Crippen molar-refractivity contribution in [1.82, 2.24) is 4.90 Å². The molecule has 1 heterocycles. The van der Waals surface area contributed by atoms with Crippen LogP contribution < -0.4 is 5.73 Å². The third kappa shape index (κ3) is 3.01. The Hall–Kier alpha value is -1.00. The van der Waals surface area contributed by atoms with Gasteiger partial charge in [-0.2, -0.15) is 0 Å². The lowest BCUT2D eigenvalue weighted by molar-refractivity contribution is 0.176. The first-order valence-electron chi connectivity index (χ1n) is 6.06. The fraction of sp³-hybridized carbons (Fsp3) is 0.538. The largest absolute Gasteiger partial charge is 0.330 e. The van der Waals surface area contributed by atoms with Gasteiger partial charge in [0.2, 0.25) is 0 Å². The van der Waals surface area contributed by atoms with Crippen LogP contribution in [0.25, 0.3) is 0 Å². The molecular weight excluding hydrogens is 222 g/mol. The van der Waals surface area contributed by atoms with Gasteiger partial charge in [-0.3, -0.25) is 4.90 Å². The number of hydrogen-bond acceptors (Lipinski definition) is 2. The van der Waals surface area contributed by atoms with Gasteiger partial charge in [0.25, 0.3) is 0 Å². The Morgan fingerprint density at radius 2 is 1.76 bits per heavy atom. The maximum Gasteiger partial charge on any atom is 0.130 e. The van der Waals surface area contributed by atoms with Crippen molar-refractivity contribution in [2.24, 2.45) is 11.7 Å². The van der Waals surface area contributed by atoms with Crippen LogP contribution in [0.1, 0.15) is 18.4 Å². The number of benzene rings is 1. The summed E-state index contributed by atoms with van der Waals surface area (Å²) in [7, 11) is 0. The number of rotatable bonds is 3. The van der Waals surface area contributed by atoms with Crippen molar-refractivity contribution in [2.45, 2.75) is 19.4 Å². The second-order valence-electron chi connectivity index (χ2n) is 4.66. The highest BCUT2D eigenvalue weighted by atomic mass is 19.1.